The van der Waals surface area contributed by atoms with E-state index >= 15 is 0 Å². The van der Waals surface area contributed by atoms with Crippen LogP contribution in [0.4, 0.5) is 15.7 Å². The zero-order valence-corrected chi connectivity index (χ0v) is 17.7. The molecular weight excluding hydrogens is 414 g/mol. The summed E-state index contributed by atoms with van der Waals surface area (Å²) in [5.74, 6) is 0.301. The van der Waals surface area contributed by atoms with Crippen molar-refractivity contribution in [3.63, 3.8) is 0 Å². The van der Waals surface area contributed by atoms with Gasteiger partial charge in [-0.05, 0) is 36.8 Å². The van der Waals surface area contributed by atoms with E-state index in [1.807, 2.05) is 25.1 Å². The zero-order chi connectivity index (χ0) is 21.8. The molecule has 0 unspecified atom stereocenters. The second-order valence-electron chi connectivity index (χ2n) is 6.58. The van der Waals surface area contributed by atoms with Gasteiger partial charge in [-0.1, -0.05) is 11.3 Å². The summed E-state index contributed by atoms with van der Waals surface area (Å²) in [5, 5.41) is 8.61. The molecule has 1 aromatic carbocycles. The first-order chi connectivity index (χ1) is 15.0. The third-order valence-electron chi connectivity index (χ3n) is 4.29. The number of fused-ring (bicyclic) bond motifs is 1. The topological polar surface area (TPSA) is 122 Å². The highest BCUT2D eigenvalue weighted by molar-refractivity contribution is 7.22. The maximum atomic E-state index is 11.9. The molecule has 156 valence electrons. The van der Waals surface area contributed by atoms with Gasteiger partial charge in [0.1, 0.15) is 5.82 Å². The first kappa shape index (κ1) is 20.4. The molecule has 3 amide bonds. The highest BCUT2D eigenvalue weighted by Gasteiger charge is 2.15. The van der Waals surface area contributed by atoms with Gasteiger partial charge < -0.3 is 10.6 Å². The van der Waals surface area contributed by atoms with Crippen LogP contribution >= 0.6 is 11.3 Å². The highest BCUT2D eigenvalue weighted by atomic mass is 32.1. The van der Waals surface area contributed by atoms with Gasteiger partial charge in [0, 0.05) is 43.2 Å². The molecule has 0 aliphatic heterocycles. The van der Waals surface area contributed by atoms with Crippen LogP contribution in [0.3, 0.4) is 0 Å². The molecule has 4 rings (SSSR count). The molecular formula is C21H19N7O2S. The van der Waals surface area contributed by atoms with Gasteiger partial charge in [-0.2, -0.15) is 0 Å². The van der Waals surface area contributed by atoms with Crippen LogP contribution in [-0.2, 0) is 4.79 Å². The largest absolute Gasteiger partial charge is 0.338 e. The number of hydrogen-bond acceptors (Lipinski definition) is 7. The zero-order valence-electron chi connectivity index (χ0n) is 16.8. The Labute approximate surface area is 182 Å². The summed E-state index contributed by atoms with van der Waals surface area (Å²) in [6.07, 6.45) is 6.62. The summed E-state index contributed by atoms with van der Waals surface area (Å²) in [7, 11) is 0. The van der Waals surface area contributed by atoms with Crippen LogP contribution in [-0.4, -0.2) is 38.4 Å². The van der Waals surface area contributed by atoms with Crippen molar-refractivity contribution in [3.8, 4) is 22.4 Å². The number of carbonyl (C=O) groups excluding carboxylic acids is 2. The molecule has 3 heterocycles. The number of anilines is 2. The number of thiazole rings is 1. The fourth-order valence-corrected chi connectivity index (χ4v) is 3.97. The minimum Gasteiger partial charge on any atom is -0.338 e. The number of aromatic nitrogens is 4. The summed E-state index contributed by atoms with van der Waals surface area (Å²) in [4.78, 5) is 40.7. The van der Waals surface area contributed by atoms with Crippen molar-refractivity contribution < 1.29 is 9.59 Å². The summed E-state index contributed by atoms with van der Waals surface area (Å²) in [6.45, 7) is 3.81. The minimum absolute atomic E-state index is 0.179. The summed E-state index contributed by atoms with van der Waals surface area (Å²) >= 11 is 1.37. The summed E-state index contributed by atoms with van der Waals surface area (Å²) in [5.41, 5.74) is 4.01. The third kappa shape index (κ3) is 4.64. The Bertz CT molecular complexity index is 1240. The van der Waals surface area contributed by atoms with Gasteiger partial charge in [-0.15, -0.1) is 0 Å². The Kier molecular flexibility index (Phi) is 5.80. The summed E-state index contributed by atoms with van der Waals surface area (Å²) in [6, 6.07) is 7.24. The molecule has 0 aliphatic carbocycles. The van der Waals surface area contributed by atoms with Gasteiger partial charge in [0.2, 0.25) is 5.91 Å². The number of nitrogens with zero attached hydrogens (tertiary/aromatic N) is 4. The minimum atomic E-state index is -0.305. The number of benzene rings is 1. The van der Waals surface area contributed by atoms with Gasteiger partial charge >= 0.3 is 6.03 Å². The fraction of sp³-hybridized carbons (Fsp3) is 0.143. The average Bonchev–Trinajstić information content (AvgIpc) is 3.16. The van der Waals surface area contributed by atoms with Crippen LogP contribution in [0, 0.1) is 0 Å². The van der Waals surface area contributed by atoms with Gasteiger partial charge in [-0.25, -0.2) is 14.8 Å². The number of pyridine rings is 1. The van der Waals surface area contributed by atoms with E-state index in [1.54, 1.807) is 30.9 Å². The number of amides is 3. The van der Waals surface area contributed by atoms with Crippen molar-refractivity contribution in [3.05, 3.63) is 49.1 Å². The van der Waals surface area contributed by atoms with Crippen molar-refractivity contribution in [2.45, 2.75) is 13.8 Å². The second-order valence-corrected chi connectivity index (χ2v) is 7.58. The van der Waals surface area contributed by atoms with Crippen molar-refractivity contribution in [2.24, 2.45) is 0 Å². The molecule has 9 nitrogen and oxygen atoms in total. The molecule has 0 radical (unpaired) electrons. The molecule has 4 aromatic rings. The predicted octanol–water partition coefficient (Wildman–Crippen LogP) is 3.92. The molecule has 0 saturated heterocycles. The van der Waals surface area contributed by atoms with Crippen LogP contribution in [0.15, 0.2) is 49.1 Å². The third-order valence-corrected chi connectivity index (χ3v) is 5.31. The van der Waals surface area contributed by atoms with E-state index in [1.165, 1.54) is 18.3 Å². The van der Waals surface area contributed by atoms with E-state index in [4.69, 9.17) is 0 Å². The maximum Gasteiger partial charge on any atom is 0.321 e. The maximum absolute atomic E-state index is 11.9. The SMILES string of the molecule is CCNC(=O)Nc1nc2cc(-c3ccc(NC(C)=O)nc3)cc(-c3cnccn3)c2s1. The highest BCUT2D eigenvalue weighted by Crippen LogP contribution is 2.38. The number of nitrogens with one attached hydrogen (secondary N) is 3. The quantitative estimate of drug-likeness (QED) is 0.439. The average molecular weight is 433 g/mol. The van der Waals surface area contributed by atoms with Crippen LogP contribution in [0.5, 0.6) is 0 Å². The van der Waals surface area contributed by atoms with E-state index in [0.717, 1.165) is 26.9 Å². The smallest absolute Gasteiger partial charge is 0.321 e. The van der Waals surface area contributed by atoms with Gasteiger partial charge in [0.25, 0.3) is 0 Å². The lowest BCUT2D eigenvalue weighted by molar-refractivity contribution is -0.114. The van der Waals surface area contributed by atoms with Crippen LogP contribution < -0.4 is 16.0 Å². The first-order valence-electron chi connectivity index (χ1n) is 9.53. The molecule has 0 spiro atoms. The van der Waals surface area contributed by atoms with Crippen molar-refractivity contribution in [2.75, 3.05) is 17.2 Å². The molecule has 3 N–H and O–H groups in total. The molecule has 31 heavy (non-hydrogen) atoms. The number of carbonyl (C=O) groups is 2. The van der Waals surface area contributed by atoms with E-state index < -0.39 is 0 Å². The van der Waals surface area contributed by atoms with E-state index in [-0.39, 0.29) is 11.9 Å². The molecule has 10 heteroatoms. The molecule has 0 bridgehead atoms. The first-order valence-corrected chi connectivity index (χ1v) is 10.3. The Morgan fingerprint density at radius 1 is 1.03 bits per heavy atom. The lowest BCUT2D eigenvalue weighted by Gasteiger charge is -2.07. The van der Waals surface area contributed by atoms with Crippen molar-refractivity contribution in [1.29, 1.82) is 0 Å². The molecule has 0 fully saturated rings. The number of hydrogen-bond donors (Lipinski definition) is 3. The normalized spacial score (nSPS) is 10.6. The lowest BCUT2D eigenvalue weighted by atomic mass is 10.0. The van der Waals surface area contributed by atoms with Crippen LogP contribution in [0.2, 0.25) is 0 Å². The van der Waals surface area contributed by atoms with E-state index in [9.17, 15) is 9.59 Å². The predicted molar refractivity (Wildman–Crippen MR) is 121 cm³/mol. The molecule has 0 atom stereocenters. The standard InChI is InChI=1S/C21H19N7O2S/c1-3-23-20(30)28-21-27-16-9-14(13-4-5-18(25-10-13)26-12(2)29)8-15(19(16)31-21)17-11-22-6-7-24-17/h4-11H,3H2,1-2H3,(H,25,26,29)(H2,23,27,28,30). The van der Waals surface area contributed by atoms with Gasteiger partial charge in [-0.3, -0.25) is 20.1 Å². The molecule has 0 aliphatic rings. The monoisotopic (exact) mass is 433 g/mol. The van der Waals surface area contributed by atoms with Gasteiger partial charge in [0.05, 0.1) is 22.1 Å². The Morgan fingerprint density at radius 2 is 1.90 bits per heavy atom. The van der Waals surface area contributed by atoms with Crippen LogP contribution in [0.1, 0.15) is 13.8 Å². The molecule has 3 aromatic heterocycles. The van der Waals surface area contributed by atoms with E-state index in [0.29, 0.717) is 23.2 Å². The van der Waals surface area contributed by atoms with Gasteiger partial charge in [0.15, 0.2) is 5.13 Å². The number of urea groups is 1. The summed E-state index contributed by atoms with van der Waals surface area (Å²) < 4.78 is 0.888. The number of rotatable bonds is 5. The Morgan fingerprint density at radius 3 is 2.58 bits per heavy atom. The molecule has 0 saturated carbocycles. The fourth-order valence-electron chi connectivity index (χ4n) is 3.00. The van der Waals surface area contributed by atoms with Crippen LogP contribution in [0.25, 0.3) is 32.6 Å². The van der Waals surface area contributed by atoms with Crippen molar-refractivity contribution in [1.82, 2.24) is 25.3 Å². The van der Waals surface area contributed by atoms with E-state index in [2.05, 4.69) is 35.9 Å². The Hall–Kier alpha value is -3.92. The van der Waals surface area contributed by atoms with Crippen molar-refractivity contribution >= 4 is 44.4 Å². The second kappa shape index (κ2) is 8.84. The Balaban J connectivity index is 1.79. The lowest BCUT2D eigenvalue weighted by Crippen LogP contribution is -2.28.